The number of amides is 4. The van der Waals surface area contributed by atoms with Gasteiger partial charge in [0.25, 0.3) is 0 Å². The van der Waals surface area contributed by atoms with Crippen LogP contribution in [-0.4, -0.2) is 102 Å². The summed E-state index contributed by atoms with van der Waals surface area (Å²) in [5.41, 5.74) is 0.623. The van der Waals surface area contributed by atoms with Crippen molar-refractivity contribution in [2.45, 2.75) is 13.3 Å². The lowest BCUT2D eigenvalue weighted by molar-refractivity contribution is -0.132. The van der Waals surface area contributed by atoms with Gasteiger partial charge >= 0.3 is 12.1 Å². The third kappa shape index (κ3) is 5.93. The Morgan fingerprint density at radius 3 is 2.38 bits per heavy atom. The number of hydrogen-bond acceptors (Lipinski definition) is 8. The Kier molecular flexibility index (Phi) is 7.78. The van der Waals surface area contributed by atoms with Gasteiger partial charge in [-0.1, -0.05) is 6.07 Å². The SMILES string of the molecule is CCOC(=O)N1CCN(C(=O)Cc2csc(NC(=O)N3CCN(c4ccccn4)CC3)n2)CC1. The lowest BCUT2D eigenvalue weighted by Crippen LogP contribution is -2.51. The predicted molar refractivity (Wildman–Crippen MR) is 128 cm³/mol. The normalized spacial score (nSPS) is 16.4. The van der Waals surface area contributed by atoms with E-state index in [0.717, 1.165) is 5.82 Å². The first kappa shape index (κ1) is 23.7. The van der Waals surface area contributed by atoms with Gasteiger partial charge in [-0.2, -0.15) is 0 Å². The summed E-state index contributed by atoms with van der Waals surface area (Å²) >= 11 is 1.31. The van der Waals surface area contributed by atoms with Crippen molar-refractivity contribution in [2.75, 3.05) is 69.2 Å². The van der Waals surface area contributed by atoms with E-state index in [1.165, 1.54) is 11.3 Å². The van der Waals surface area contributed by atoms with Crippen molar-refractivity contribution in [3.05, 3.63) is 35.5 Å². The van der Waals surface area contributed by atoms with Crippen molar-refractivity contribution < 1.29 is 19.1 Å². The fraction of sp³-hybridized carbons (Fsp3) is 0.500. The van der Waals surface area contributed by atoms with E-state index < -0.39 is 0 Å². The molecule has 2 fully saturated rings. The Morgan fingerprint density at radius 2 is 1.71 bits per heavy atom. The number of aromatic nitrogens is 2. The van der Waals surface area contributed by atoms with Gasteiger partial charge in [0.15, 0.2) is 5.13 Å². The van der Waals surface area contributed by atoms with Crippen LogP contribution in [0, 0.1) is 0 Å². The number of nitrogens with one attached hydrogen (secondary N) is 1. The molecule has 182 valence electrons. The lowest BCUT2D eigenvalue weighted by atomic mass is 10.2. The number of hydrogen-bond donors (Lipinski definition) is 1. The maximum atomic E-state index is 12.7. The molecule has 2 aromatic rings. The molecule has 0 bridgehead atoms. The standard InChI is InChI=1S/C22H29N7O4S/c1-2-33-22(32)29-13-9-27(10-14-29)19(30)15-17-16-34-20(24-17)25-21(31)28-11-7-26(8-12-28)18-5-3-4-6-23-18/h3-6,16H,2,7-15H2,1H3,(H,24,25,31). The van der Waals surface area contributed by atoms with Crippen LogP contribution in [0.4, 0.5) is 20.5 Å². The Labute approximate surface area is 202 Å². The molecule has 0 saturated carbocycles. The predicted octanol–water partition coefficient (Wildman–Crippen LogP) is 1.74. The van der Waals surface area contributed by atoms with Gasteiger partial charge in [-0.05, 0) is 19.1 Å². The first-order valence-electron chi connectivity index (χ1n) is 11.4. The molecule has 2 aliphatic rings. The van der Waals surface area contributed by atoms with Crippen LogP contribution < -0.4 is 10.2 Å². The van der Waals surface area contributed by atoms with Crippen molar-refractivity contribution in [1.82, 2.24) is 24.7 Å². The number of rotatable bonds is 5. The van der Waals surface area contributed by atoms with Crippen molar-refractivity contribution in [3.63, 3.8) is 0 Å². The Hall–Kier alpha value is -3.41. The molecular formula is C22H29N7O4S. The third-order valence-corrected chi connectivity index (χ3v) is 6.60. The highest BCUT2D eigenvalue weighted by Crippen LogP contribution is 2.19. The topological polar surface area (TPSA) is 111 Å². The Morgan fingerprint density at radius 1 is 1.00 bits per heavy atom. The summed E-state index contributed by atoms with van der Waals surface area (Å²) in [5, 5.41) is 5.12. The molecule has 11 nitrogen and oxygen atoms in total. The number of thiazole rings is 1. The highest BCUT2D eigenvalue weighted by atomic mass is 32.1. The average Bonchev–Trinajstić information content (AvgIpc) is 3.31. The van der Waals surface area contributed by atoms with E-state index in [9.17, 15) is 14.4 Å². The second-order valence-electron chi connectivity index (χ2n) is 7.98. The van der Waals surface area contributed by atoms with Gasteiger partial charge in [0, 0.05) is 63.9 Å². The monoisotopic (exact) mass is 487 g/mol. The van der Waals surface area contributed by atoms with Crippen LogP contribution >= 0.6 is 11.3 Å². The first-order chi connectivity index (χ1) is 16.5. The largest absolute Gasteiger partial charge is 0.450 e. The molecule has 2 aliphatic heterocycles. The van der Waals surface area contributed by atoms with Gasteiger partial charge in [0.05, 0.1) is 18.7 Å². The van der Waals surface area contributed by atoms with E-state index in [2.05, 4.69) is 20.2 Å². The van der Waals surface area contributed by atoms with Gasteiger partial charge in [0.2, 0.25) is 5.91 Å². The maximum Gasteiger partial charge on any atom is 0.409 e. The Balaban J connectivity index is 1.21. The summed E-state index contributed by atoms with van der Waals surface area (Å²) < 4.78 is 5.01. The summed E-state index contributed by atoms with van der Waals surface area (Å²) in [6, 6.07) is 5.61. The molecule has 4 amide bonds. The van der Waals surface area contributed by atoms with Crippen LogP contribution in [-0.2, 0) is 16.0 Å². The summed E-state index contributed by atoms with van der Waals surface area (Å²) in [6.45, 7) is 6.57. The van der Waals surface area contributed by atoms with Crippen molar-refractivity contribution >= 4 is 40.3 Å². The van der Waals surface area contributed by atoms with Crippen LogP contribution in [0.25, 0.3) is 0 Å². The zero-order valence-corrected chi connectivity index (χ0v) is 20.0. The number of anilines is 2. The zero-order valence-electron chi connectivity index (χ0n) is 19.2. The Bertz CT molecular complexity index is 986. The van der Waals surface area contributed by atoms with Gasteiger partial charge in [-0.25, -0.2) is 19.6 Å². The van der Waals surface area contributed by atoms with Crippen molar-refractivity contribution in [2.24, 2.45) is 0 Å². The molecule has 12 heteroatoms. The van der Waals surface area contributed by atoms with E-state index in [1.807, 2.05) is 18.2 Å². The van der Waals surface area contributed by atoms with Crippen molar-refractivity contribution in [3.8, 4) is 0 Å². The zero-order chi connectivity index (χ0) is 23.9. The molecule has 0 aliphatic carbocycles. The molecule has 0 unspecified atom stereocenters. The minimum Gasteiger partial charge on any atom is -0.450 e. The minimum atomic E-state index is -0.340. The maximum absolute atomic E-state index is 12.7. The molecule has 4 heterocycles. The van der Waals surface area contributed by atoms with Gasteiger partial charge < -0.3 is 24.3 Å². The minimum absolute atomic E-state index is 0.0441. The molecular weight excluding hydrogens is 458 g/mol. The number of nitrogens with zero attached hydrogens (tertiary/aromatic N) is 6. The van der Waals surface area contributed by atoms with Gasteiger partial charge in [-0.15, -0.1) is 11.3 Å². The quantitative estimate of drug-likeness (QED) is 0.684. The summed E-state index contributed by atoms with van der Waals surface area (Å²) in [6.07, 6.45) is 1.59. The van der Waals surface area contributed by atoms with E-state index in [-0.39, 0.29) is 24.5 Å². The summed E-state index contributed by atoms with van der Waals surface area (Å²) in [7, 11) is 0. The number of piperazine rings is 2. The number of carbonyl (C=O) groups is 3. The van der Waals surface area contributed by atoms with E-state index in [0.29, 0.717) is 69.8 Å². The number of ether oxygens (including phenoxy) is 1. The molecule has 0 radical (unpaired) electrons. The number of urea groups is 1. The second kappa shape index (κ2) is 11.1. The van der Waals surface area contributed by atoms with Gasteiger partial charge in [-0.3, -0.25) is 10.1 Å². The molecule has 2 aromatic heterocycles. The van der Waals surface area contributed by atoms with Crippen molar-refractivity contribution in [1.29, 1.82) is 0 Å². The fourth-order valence-corrected chi connectivity index (χ4v) is 4.62. The molecule has 0 spiro atoms. The van der Waals surface area contributed by atoms with E-state index in [1.54, 1.807) is 33.2 Å². The summed E-state index contributed by atoms with van der Waals surface area (Å²) in [5.74, 6) is 0.872. The van der Waals surface area contributed by atoms with Crippen LogP contribution in [0.3, 0.4) is 0 Å². The number of pyridine rings is 1. The second-order valence-corrected chi connectivity index (χ2v) is 8.84. The summed E-state index contributed by atoms with van der Waals surface area (Å²) in [4.78, 5) is 53.1. The molecule has 34 heavy (non-hydrogen) atoms. The van der Waals surface area contributed by atoms with Crippen LogP contribution in [0.1, 0.15) is 12.6 Å². The first-order valence-corrected chi connectivity index (χ1v) is 12.3. The molecule has 4 rings (SSSR count). The third-order valence-electron chi connectivity index (χ3n) is 5.80. The van der Waals surface area contributed by atoms with Gasteiger partial charge in [0.1, 0.15) is 5.82 Å². The highest BCUT2D eigenvalue weighted by Gasteiger charge is 2.26. The molecule has 2 saturated heterocycles. The lowest BCUT2D eigenvalue weighted by Gasteiger charge is -2.35. The van der Waals surface area contributed by atoms with E-state index in [4.69, 9.17) is 4.74 Å². The molecule has 0 aromatic carbocycles. The average molecular weight is 488 g/mol. The smallest absolute Gasteiger partial charge is 0.409 e. The van der Waals surface area contributed by atoms with Crippen LogP contribution in [0.5, 0.6) is 0 Å². The molecule has 1 N–H and O–H groups in total. The van der Waals surface area contributed by atoms with Crippen LogP contribution in [0.15, 0.2) is 29.8 Å². The van der Waals surface area contributed by atoms with Crippen LogP contribution in [0.2, 0.25) is 0 Å². The number of carbonyl (C=O) groups excluding carboxylic acids is 3. The van der Waals surface area contributed by atoms with E-state index >= 15 is 0 Å². The highest BCUT2D eigenvalue weighted by molar-refractivity contribution is 7.13. The molecule has 0 atom stereocenters. The fourth-order valence-electron chi connectivity index (χ4n) is 3.92.